The van der Waals surface area contributed by atoms with Gasteiger partial charge in [0.05, 0.1) is 35.1 Å². The van der Waals surface area contributed by atoms with Crippen molar-refractivity contribution in [3.63, 3.8) is 0 Å². The van der Waals surface area contributed by atoms with Crippen LogP contribution in [0.15, 0.2) is 71.8 Å². The Bertz CT molecular complexity index is 2060. The Labute approximate surface area is 335 Å². The van der Waals surface area contributed by atoms with Crippen LogP contribution in [0, 0.1) is 16.7 Å². The average Bonchev–Trinajstić information content (AvgIpc) is 3.96. The van der Waals surface area contributed by atoms with Gasteiger partial charge in [-0.05, 0) is 62.1 Å². The lowest BCUT2D eigenvalue weighted by Crippen LogP contribution is -2.82. The smallest absolute Gasteiger partial charge is 0.338 e. The molecule has 0 aromatic heterocycles. The summed E-state index contributed by atoms with van der Waals surface area (Å²) >= 11 is 0. The highest BCUT2D eigenvalue weighted by molar-refractivity contribution is 5.96. The number of rotatable bonds is 9. The van der Waals surface area contributed by atoms with Crippen molar-refractivity contribution in [3.05, 3.63) is 82.9 Å². The van der Waals surface area contributed by atoms with E-state index in [2.05, 4.69) is 5.32 Å². The van der Waals surface area contributed by atoms with E-state index in [1.165, 1.54) is 26.0 Å². The van der Waals surface area contributed by atoms with Crippen LogP contribution in [0.2, 0.25) is 0 Å². The summed E-state index contributed by atoms with van der Waals surface area (Å²) in [6, 6.07) is 16.1. The van der Waals surface area contributed by atoms with Gasteiger partial charge in [-0.2, -0.15) is 0 Å². The summed E-state index contributed by atoms with van der Waals surface area (Å²) in [7, 11) is 0. The highest BCUT2D eigenvalue weighted by Crippen LogP contribution is 2.64. The van der Waals surface area contributed by atoms with Gasteiger partial charge in [0.1, 0.15) is 23.9 Å². The van der Waals surface area contributed by atoms with Crippen LogP contribution in [0.1, 0.15) is 87.9 Å². The zero-order chi connectivity index (χ0) is 42.2. The molecule has 1 amide bonds. The number of fused-ring (bicyclic) bond motifs is 5. The molecular weight excluding hydrogens is 754 g/mol. The second kappa shape index (κ2) is 14.4. The second-order valence-corrected chi connectivity index (χ2v) is 17.1. The number of ketones is 1. The van der Waals surface area contributed by atoms with Gasteiger partial charge in [0, 0.05) is 37.7 Å². The maximum absolute atomic E-state index is 15.4. The van der Waals surface area contributed by atoms with Crippen molar-refractivity contribution in [1.29, 1.82) is 0 Å². The van der Waals surface area contributed by atoms with Crippen molar-refractivity contribution < 1.29 is 67.8 Å². The number of ether oxygens (including phenoxy) is 5. The number of amides is 1. The van der Waals surface area contributed by atoms with Crippen LogP contribution < -0.4 is 5.32 Å². The number of Topliss-reactive ketones (excluding diaryl/α,β-unsaturated/α-hetero) is 1. The molecule has 0 unspecified atom stereocenters. The number of esters is 4. The number of nitrogens with one attached hydrogen (secondary N) is 1. The number of hydrogen-bond acceptors (Lipinski definition) is 14. The van der Waals surface area contributed by atoms with E-state index >= 15 is 4.79 Å². The molecule has 2 aromatic rings. The minimum absolute atomic E-state index is 0.0217. The summed E-state index contributed by atoms with van der Waals surface area (Å²) in [5.74, 6) is -6.60. The molecule has 58 heavy (non-hydrogen) atoms. The lowest BCUT2D eigenvalue weighted by molar-refractivity contribution is -0.346. The normalized spacial score (nSPS) is 34.6. The van der Waals surface area contributed by atoms with Crippen LogP contribution in [0.5, 0.6) is 0 Å². The first-order chi connectivity index (χ1) is 27.2. The lowest BCUT2D eigenvalue weighted by Gasteiger charge is -2.67. The van der Waals surface area contributed by atoms with E-state index < -0.39 is 112 Å². The minimum atomic E-state index is -2.35. The summed E-state index contributed by atoms with van der Waals surface area (Å²) < 4.78 is 30.1. The van der Waals surface area contributed by atoms with E-state index in [-0.39, 0.29) is 42.6 Å². The van der Waals surface area contributed by atoms with Crippen molar-refractivity contribution in [2.75, 3.05) is 6.61 Å². The Morgan fingerprint density at radius 2 is 1.48 bits per heavy atom. The van der Waals surface area contributed by atoms with Gasteiger partial charge in [-0.3, -0.25) is 19.2 Å². The third-order valence-corrected chi connectivity index (χ3v) is 13.4. The molecule has 1 aliphatic heterocycles. The summed E-state index contributed by atoms with van der Waals surface area (Å²) in [6.45, 7) is 8.03. The zero-order valence-electron chi connectivity index (χ0n) is 33.2. The zero-order valence-corrected chi connectivity index (χ0v) is 33.2. The minimum Gasteiger partial charge on any atom is -0.456 e. The quantitative estimate of drug-likeness (QED) is 0.163. The summed E-state index contributed by atoms with van der Waals surface area (Å²) in [6.07, 6.45) is -9.61. The predicted molar refractivity (Wildman–Crippen MR) is 200 cm³/mol. The fourth-order valence-electron chi connectivity index (χ4n) is 9.94. The largest absolute Gasteiger partial charge is 0.456 e. The molecule has 2 bridgehead atoms. The highest BCUT2D eigenvalue weighted by Gasteiger charge is 2.78. The molecule has 0 spiro atoms. The number of carbonyl (C=O) groups excluding carboxylic acids is 6. The van der Waals surface area contributed by atoms with Gasteiger partial charge in [-0.15, -0.1) is 0 Å². The van der Waals surface area contributed by atoms with Crippen LogP contribution in [-0.2, 0) is 42.9 Å². The highest BCUT2D eigenvalue weighted by atomic mass is 16.6. The van der Waals surface area contributed by atoms with Crippen molar-refractivity contribution in [3.8, 4) is 0 Å². The topological polar surface area (TPSA) is 221 Å². The first-order valence-electron chi connectivity index (χ1n) is 19.4. The van der Waals surface area contributed by atoms with Crippen molar-refractivity contribution >= 4 is 35.6 Å². The van der Waals surface area contributed by atoms with Crippen LogP contribution in [-0.4, -0.2) is 111 Å². The first kappa shape index (κ1) is 41.2. The van der Waals surface area contributed by atoms with E-state index in [0.29, 0.717) is 5.56 Å². The van der Waals surface area contributed by atoms with Gasteiger partial charge >= 0.3 is 23.9 Å². The van der Waals surface area contributed by atoms with Crippen LogP contribution >= 0.6 is 0 Å². The molecule has 1 saturated heterocycles. The van der Waals surface area contributed by atoms with Crippen LogP contribution in [0.3, 0.4) is 0 Å². The Morgan fingerprint density at radius 3 is 2.02 bits per heavy atom. The molecule has 0 radical (unpaired) electrons. The maximum Gasteiger partial charge on any atom is 0.338 e. The number of aliphatic hydroxyl groups excluding tert-OH is 2. The maximum atomic E-state index is 15.4. The van der Waals surface area contributed by atoms with Crippen molar-refractivity contribution in [2.24, 2.45) is 16.7 Å². The van der Waals surface area contributed by atoms with Gasteiger partial charge in [-0.1, -0.05) is 50.2 Å². The lowest BCUT2D eigenvalue weighted by atomic mass is 9.44. The molecule has 15 nitrogen and oxygen atoms in total. The molecule has 310 valence electrons. The molecule has 1 heterocycles. The van der Waals surface area contributed by atoms with Gasteiger partial charge in [-0.25, -0.2) is 9.59 Å². The molecule has 15 heteroatoms. The second-order valence-electron chi connectivity index (χ2n) is 17.1. The molecule has 3 saturated carbocycles. The summed E-state index contributed by atoms with van der Waals surface area (Å²) in [4.78, 5) is 82.4. The number of hydrogen-bond donors (Lipinski definition) is 4. The number of aliphatic hydroxyl groups is 3. The Morgan fingerprint density at radius 1 is 0.879 bits per heavy atom. The SMILES string of the molecule is CC(=O)O[C@H]1C(=O)[C@]2(C)[C@H](O)C[C@H]3OC[C@@]3(OC(C)=O)[C@H]2[C@H](OC(=O)c2ccccc2)[C@]2(O)C[C@H](OC(=O)[C@@H](O)C3(NC(=O)c4ccccc4)CC3)C(C)=C1C2(C)C. The molecule has 10 atom stereocenters. The molecular formula is C43H49NO14. The van der Waals surface area contributed by atoms with E-state index in [4.69, 9.17) is 23.7 Å². The third kappa shape index (κ3) is 6.33. The van der Waals surface area contributed by atoms with Crippen LogP contribution in [0.25, 0.3) is 0 Å². The van der Waals surface area contributed by atoms with Gasteiger partial charge < -0.3 is 44.3 Å². The molecule has 4 fully saturated rings. The summed E-state index contributed by atoms with van der Waals surface area (Å²) in [5, 5.41) is 39.8. The van der Waals surface area contributed by atoms with Gasteiger partial charge in [0.2, 0.25) is 0 Å². The molecule has 4 aliphatic carbocycles. The Balaban J connectivity index is 1.37. The standard InChI is InChI=1S/C43H49NO14/c1-22-27(56-38(52)34(49)41(17-18-41)44-36(50)25-13-9-7-10-14-25)20-43(53)35(57-37(51)26-15-11-8-12-16-26)32-40(6,28(47)19-29-42(32,21-54-29)58-24(3)46)33(48)31(55-23(2)45)30(22)39(43,4)5/h7-16,27-29,31-32,34-35,47,49,53H,17-21H2,1-6H3,(H,44,50)/t27-,28+,29+,31+,32-,34+,35-,40+,42-,43+/m0/s1. The van der Waals surface area contributed by atoms with Crippen molar-refractivity contribution in [1.82, 2.24) is 5.32 Å². The third-order valence-electron chi connectivity index (χ3n) is 13.4. The van der Waals surface area contributed by atoms with E-state index in [1.807, 2.05) is 0 Å². The number of benzene rings is 2. The van der Waals surface area contributed by atoms with E-state index in [0.717, 1.165) is 13.8 Å². The van der Waals surface area contributed by atoms with Crippen LogP contribution in [0.4, 0.5) is 0 Å². The molecule has 4 N–H and O–H groups in total. The number of carbonyl (C=O) groups is 6. The monoisotopic (exact) mass is 803 g/mol. The fraction of sp³-hybridized carbons (Fsp3) is 0.535. The van der Waals surface area contributed by atoms with E-state index in [9.17, 15) is 39.3 Å². The van der Waals surface area contributed by atoms with Gasteiger partial charge in [0.15, 0.2) is 23.6 Å². The average molecular weight is 804 g/mol. The summed E-state index contributed by atoms with van der Waals surface area (Å²) in [5.41, 5.74) is -8.49. The van der Waals surface area contributed by atoms with Gasteiger partial charge in [0.25, 0.3) is 5.91 Å². The Kier molecular flexibility index (Phi) is 10.2. The molecule has 7 rings (SSSR count). The van der Waals surface area contributed by atoms with Crippen molar-refractivity contribution in [2.45, 2.75) is 121 Å². The molecule has 2 aromatic carbocycles. The fourth-order valence-corrected chi connectivity index (χ4v) is 9.94. The van der Waals surface area contributed by atoms with E-state index in [1.54, 1.807) is 62.4 Å². The predicted octanol–water partition coefficient (Wildman–Crippen LogP) is 2.53. The Hall–Kier alpha value is -4.96. The molecule has 5 aliphatic rings. The first-order valence-corrected chi connectivity index (χ1v) is 19.4.